The molecule has 0 saturated carbocycles. The minimum Gasteiger partial charge on any atom is -0.468 e. The van der Waals surface area contributed by atoms with Gasteiger partial charge in [-0.15, -0.1) is 0 Å². The molecule has 1 saturated heterocycles. The van der Waals surface area contributed by atoms with Crippen LogP contribution < -0.4 is 5.32 Å². The van der Waals surface area contributed by atoms with Crippen LogP contribution >= 0.6 is 0 Å². The van der Waals surface area contributed by atoms with Crippen LogP contribution in [0.1, 0.15) is 0 Å². The number of rotatable bonds is 1. The van der Waals surface area contributed by atoms with Crippen LogP contribution in [0, 0.1) is 17.3 Å². The Morgan fingerprint density at radius 2 is 2.18 bits per heavy atom. The number of allylic oxidation sites excluding steroid dienone is 2. The molecule has 1 amide bonds. The summed E-state index contributed by atoms with van der Waals surface area (Å²) in [5.74, 6) is -0.813. The number of nitrogens with one attached hydrogen (secondary N) is 1. The van der Waals surface area contributed by atoms with Crippen molar-refractivity contribution in [3.05, 3.63) is 36.5 Å². The molecule has 1 N–H and O–H groups in total. The first-order chi connectivity index (χ1) is 8.19. The van der Waals surface area contributed by atoms with E-state index in [1.807, 2.05) is 24.3 Å². The van der Waals surface area contributed by atoms with Crippen molar-refractivity contribution in [1.82, 2.24) is 5.32 Å². The molecule has 0 aromatic carbocycles. The molecule has 88 valence electrons. The molecule has 4 atom stereocenters. The largest absolute Gasteiger partial charge is 0.468 e. The predicted octanol–water partition coefficient (Wildman–Crippen LogP) is 0.572. The zero-order valence-electron chi connectivity index (χ0n) is 9.42. The average Bonchev–Trinajstić information content (AvgIpc) is 2.48. The molecule has 0 aromatic rings. The smallest absolute Gasteiger partial charge is 0.320 e. The monoisotopic (exact) mass is 231 g/mol. The van der Waals surface area contributed by atoms with Gasteiger partial charge in [0.15, 0.2) is 0 Å². The predicted molar refractivity (Wildman–Crippen MR) is 60.8 cm³/mol. The summed E-state index contributed by atoms with van der Waals surface area (Å²) in [5.41, 5.74) is -0.944. The van der Waals surface area contributed by atoms with E-state index in [-0.39, 0.29) is 29.8 Å². The fourth-order valence-corrected chi connectivity index (χ4v) is 3.05. The van der Waals surface area contributed by atoms with Crippen LogP contribution in [0.3, 0.4) is 0 Å². The Morgan fingerprint density at radius 1 is 1.35 bits per heavy atom. The molecule has 0 radical (unpaired) electrons. The number of esters is 1. The van der Waals surface area contributed by atoms with Crippen LogP contribution in [0.5, 0.6) is 0 Å². The second-order valence-electron chi connectivity index (χ2n) is 4.62. The maximum Gasteiger partial charge on any atom is 0.320 e. The highest BCUT2D eigenvalue weighted by Gasteiger charge is 2.57. The summed E-state index contributed by atoms with van der Waals surface area (Å²) in [7, 11) is 1.35. The summed E-state index contributed by atoms with van der Waals surface area (Å²) in [6.45, 7) is 0. The first-order valence-corrected chi connectivity index (χ1v) is 5.63. The van der Waals surface area contributed by atoms with Crippen molar-refractivity contribution in [2.45, 2.75) is 6.04 Å². The molecular weight excluding hydrogens is 218 g/mol. The van der Waals surface area contributed by atoms with Crippen molar-refractivity contribution < 1.29 is 14.3 Å². The standard InChI is InChI=1S/C13H13NO3/c1-17-12(16)13-6-3-2-4-8-9(5-7-13)14-11(15)10(8)13/h2-10H,1H3,(H,14,15). The van der Waals surface area contributed by atoms with Crippen molar-refractivity contribution in [2.75, 3.05) is 7.11 Å². The van der Waals surface area contributed by atoms with Crippen LogP contribution in [0.2, 0.25) is 0 Å². The Morgan fingerprint density at radius 3 is 2.94 bits per heavy atom. The molecule has 1 heterocycles. The quantitative estimate of drug-likeness (QED) is 0.530. The minimum absolute atomic E-state index is 0.00133. The van der Waals surface area contributed by atoms with Gasteiger partial charge in [0.1, 0.15) is 5.41 Å². The van der Waals surface area contributed by atoms with Crippen LogP contribution in [0.4, 0.5) is 0 Å². The third kappa shape index (κ3) is 1.18. The van der Waals surface area contributed by atoms with Crippen LogP contribution in [-0.2, 0) is 14.3 Å². The second-order valence-corrected chi connectivity index (χ2v) is 4.62. The average molecular weight is 231 g/mol. The highest BCUT2D eigenvalue weighted by molar-refractivity contribution is 5.94. The molecule has 1 aliphatic heterocycles. The normalized spacial score (nSPS) is 41.0. The molecule has 0 aromatic heterocycles. The van der Waals surface area contributed by atoms with E-state index in [0.717, 1.165) is 0 Å². The molecule has 3 rings (SSSR count). The van der Waals surface area contributed by atoms with E-state index in [1.54, 1.807) is 12.2 Å². The zero-order chi connectivity index (χ0) is 12.0. The molecule has 4 bridgehead atoms. The van der Waals surface area contributed by atoms with Gasteiger partial charge in [0, 0.05) is 5.92 Å². The molecule has 4 nitrogen and oxygen atoms in total. The lowest BCUT2D eigenvalue weighted by Gasteiger charge is -2.34. The van der Waals surface area contributed by atoms with E-state index in [4.69, 9.17) is 4.74 Å². The SMILES string of the molecule is COC(=O)C12C=CC=CC3C(C=C1)NC(=O)C32. The fourth-order valence-electron chi connectivity index (χ4n) is 3.05. The van der Waals surface area contributed by atoms with Crippen LogP contribution in [-0.4, -0.2) is 25.0 Å². The van der Waals surface area contributed by atoms with Crippen LogP contribution in [0.15, 0.2) is 36.5 Å². The highest BCUT2D eigenvalue weighted by atomic mass is 16.5. The molecule has 3 aliphatic rings. The van der Waals surface area contributed by atoms with Crippen molar-refractivity contribution in [2.24, 2.45) is 17.3 Å². The van der Waals surface area contributed by atoms with Gasteiger partial charge in [-0.05, 0) is 0 Å². The van der Waals surface area contributed by atoms with E-state index in [2.05, 4.69) is 5.32 Å². The minimum atomic E-state index is -0.944. The van der Waals surface area contributed by atoms with Gasteiger partial charge < -0.3 is 10.1 Å². The van der Waals surface area contributed by atoms with Gasteiger partial charge in [0.05, 0.1) is 19.1 Å². The fraction of sp³-hybridized carbons (Fsp3) is 0.385. The Bertz CT molecular complexity index is 477. The number of ether oxygens (including phenoxy) is 1. The summed E-state index contributed by atoms with van der Waals surface area (Å²) in [6, 6.07) is 0.00133. The summed E-state index contributed by atoms with van der Waals surface area (Å²) in [6.07, 6.45) is 11.1. The number of hydrogen-bond acceptors (Lipinski definition) is 3. The van der Waals surface area contributed by atoms with Gasteiger partial charge in [-0.2, -0.15) is 0 Å². The van der Waals surface area contributed by atoms with E-state index in [1.165, 1.54) is 7.11 Å². The van der Waals surface area contributed by atoms with Gasteiger partial charge in [-0.3, -0.25) is 9.59 Å². The maximum absolute atomic E-state index is 12.1. The summed E-state index contributed by atoms with van der Waals surface area (Å²) >= 11 is 0. The lowest BCUT2D eigenvalue weighted by molar-refractivity contribution is -0.152. The first-order valence-electron chi connectivity index (χ1n) is 5.63. The third-order valence-corrected chi connectivity index (χ3v) is 3.84. The van der Waals surface area contributed by atoms with Crippen molar-refractivity contribution in [3.63, 3.8) is 0 Å². The van der Waals surface area contributed by atoms with E-state index in [9.17, 15) is 9.59 Å². The van der Waals surface area contributed by atoms with Gasteiger partial charge >= 0.3 is 5.97 Å². The van der Waals surface area contributed by atoms with Crippen molar-refractivity contribution >= 4 is 11.9 Å². The Labute approximate surface area is 99.0 Å². The van der Waals surface area contributed by atoms with Crippen LogP contribution in [0.25, 0.3) is 0 Å². The number of hydrogen-bond donors (Lipinski definition) is 1. The number of carbonyl (C=O) groups is 2. The lowest BCUT2D eigenvalue weighted by atomic mass is 9.66. The Balaban J connectivity index is 2.19. The summed E-state index contributed by atoms with van der Waals surface area (Å²) in [5, 5.41) is 2.90. The zero-order valence-corrected chi connectivity index (χ0v) is 9.42. The van der Waals surface area contributed by atoms with Gasteiger partial charge in [0.25, 0.3) is 0 Å². The second kappa shape index (κ2) is 3.32. The van der Waals surface area contributed by atoms with Gasteiger partial charge in [0.2, 0.25) is 5.91 Å². The molecule has 2 aliphatic carbocycles. The molecule has 4 unspecified atom stereocenters. The number of carbonyl (C=O) groups excluding carboxylic acids is 2. The topological polar surface area (TPSA) is 55.4 Å². The maximum atomic E-state index is 12.1. The molecule has 4 heteroatoms. The molecular formula is C13H13NO3. The highest BCUT2D eigenvalue weighted by Crippen LogP contribution is 2.47. The van der Waals surface area contributed by atoms with E-state index < -0.39 is 5.41 Å². The van der Waals surface area contributed by atoms with Gasteiger partial charge in [-0.25, -0.2) is 0 Å². The summed E-state index contributed by atoms with van der Waals surface area (Å²) < 4.78 is 4.87. The lowest BCUT2D eigenvalue weighted by Crippen LogP contribution is -2.43. The Kier molecular flexibility index (Phi) is 2.02. The Hall–Kier alpha value is -1.84. The summed E-state index contributed by atoms with van der Waals surface area (Å²) in [4.78, 5) is 24.1. The van der Waals surface area contributed by atoms with Gasteiger partial charge in [-0.1, -0.05) is 36.5 Å². The number of amides is 1. The first kappa shape index (κ1) is 10.3. The third-order valence-electron chi connectivity index (χ3n) is 3.84. The number of methoxy groups -OCH3 is 1. The van der Waals surface area contributed by atoms with Crippen molar-refractivity contribution in [1.29, 1.82) is 0 Å². The molecule has 1 fully saturated rings. The van der Waals surface area contributed by atoms with Crippen molar-refractivity contribution in [3.8, 4) is 0 Å². The van der Waals surface area contributed by atoms with E-state index >= 15 is 0 Å². The molecule has 0 spiro atoms. The van der Waals surface area contributed by atoms with E-state index in [0.29, 0.717) is 0 Å². The molecule has 17 heavy (non-hydrogen) atoms.